The van der Waals surface area contributed by atoms with Crippen molar-refractivity contribution in [1.29, 1.82) is 0 Å². The Balaban J connectivity index is 1.71. The number of carbonyl (C=O) groups excluding carboxylic acids is 8. The first-order valence-electron chi connectivity index (χ1n) is 29.7. The van der Waals surface area contributed by atoms with Gasteiger partial charge >= 0.3 is 12.1 Å². The van der Waals surface area contributed by atoms with Crippen LogP contribution >= 0.6 is 0 Å². The number of amides is 9. The van der Waals surface area contributed by atoms with Crippen LogP contribution in [0.1, 0.15) is 146 Å². The van der Waals surface area contributed by atoms with Crippen LogP contribution in [-0.2, 0) is 49.6 Å². The first-order chi connectivity index (χ1) is 39.4. The van der Waals surface area contributed by atoms with E-state index < -0.39 is 108 Å². The van der Waals surface area contributed by atoms with Gasteiger partial charge in [0.05, 0.1) is 54.8 Å². The minimum absolute atomic E-state index is 0.0740. The van der Waals surface area contributed by atoms with Crippen molar-refractivity contribution < 1.29 is 57.7 Å². The Morgan fingerprint density at radius 1 is 0.762 bits per heavy atom. The van der Waals surface area contributed by atoms with Crippen LogP contribution in [0.4, 0.5) is 15.3 Å². The number of carbonyl (C=O) groups is 8. The molecule has 22 nitrogen and oxygen atoms in total. The number of likely N-dealkylation sites (N-methyl/N-ethyl adjacent to an activating group) is 2. The zero-order valence-corrected chi connectivity index (χ0v) is 53.1. The zero-order chi connectivity index (χ0) is 63.3. The summed E-state index contributed by atoms with van der Waals surface area (Å²) < 4.78 is 17.7. The standard InChI is InChI=1S/C62H102N10O12/c1-18-39(8)52(47(82-16)34-48(73)72-33-23-27-46(72)54(83-17)40(9)55(75)65-41(10)53(74)43-24-20-19-21-25-43)70(14)59(79)50(37(4)5)68-58(78)51(38(6)7)71(15)61(81)84-35-42-28-30-44(31-29-42)66-56(76)45(26-22-32-64-60(63)80)67-57(77)49(36(2)3)69-62(11,12)13/h19-21,24-25,28-31,36-41,45-47,49-54,69,74H,18,22-23,26-27,32-35H2,1-17H3,(H,65,75)(H,66,76)(H,67,77)(H,68,78)(H3,63,64,80)/t39-,40+,41+,45-,46-,47+,49-,50-,51-,52-,53+,54+/m0/s1. The topological polar surface area (TPSA) is 292 Å². The van der Waals surface area contributed by atoms with E-state index in [1.165, 1.54) is 26.2 Å². The lowest BCUT2D eigenvalue weighted by molar-refractivity contribution is -0.148. The van der Waals surface area contributed by atoms with Crippen molar-refractivity contribution in [3.05, 3.63) is 65.7 Å². The van der Waals surface area contributed by atoms with Crippen molar-refractivity contribution in [3.8, 4) is 0 Å². The first-order valence-corrected chi connectivity index (χ1v) is 29.7. The average Bonchev–Trinajstić information content (AvgIpc) is 3.83. The van der Waals surface area contributed by atoms with E-state index in [9.17, 15) is 43.5 Å². The van der Waals surface area contributed by atoms with E-state index in [4.69, 9.17) is 19.9 Å². The van der Waals surface area contributed by atoms with Gasteiger partial charge in [0.15, 0.2) is 0 Å². The lowest BCUT2D eigenvalue weighted by atomic mass is 9.89. The quantitative estimate of drug-likeness (QED) is 0.0399. The Bertz CT molecular complexity index is 2440. The Labute approximate surface area is 499 Å². The van der Waals surface area contributed by atoms with Crippen LogP contribution in [0.2, 0.25) is 0 Å². The van der Waals surface area contributed by atoms with Crippen LogP contribution in [-0.4, -0.2) is 169 Å². The summed E-state index contributed by atoms with van der Waals surface area (Å²) in [6.07, 6.45) is -0.689. The smallest absolute Gasteiger partial charge is 0.410 e. The van der Waals surface area contributed by atoms with Gasteiger partial charge in [-0.05, 0) is 100 Å². The Hall–Kier alpha value is -6.36. The Morgan fingerprint density at radius 2 is 1.38 bits per heavy atom. The molecule has 0 unspecified atom stereocenters. The number of ether oxygens (including phenoxy) is 3. The van der Waals surface area contributed by atoms with Crippen LogP contribution in [0.3, 0.4) is 0 Å². The van der Waals surface area contributed by atoms with Gasteiger partial charge in [-0.1, -0.05) is 111 Å². The van der Waals surface area contributed by atoms with E-state index >= 15 is 0 Å². The lowest BCUT2D eigenvalue weighted by Crippen LogP contribution is -2.60. The third-order valence-corrected chi connectivity index (χ3v) is 15.8. The molecular weight excluding hydrogens is 1080 g/mol. The molecule has 2 aromatic carbocycles. The Morgan fingerprint density at radius 3 is 1.92 bits per heavy atom. The minimum atomic E-state index is -1.05. The minimum Gasteiger partial charge on any atom is -0.445 e. The summed E-state index contributed by atoms with van der Waals surface area (Å²) in [4.78, 5) is 114. The summed E-state index contributed by atoms with van der Waals surface area (Å²) in [5, 5.41) is 28.4. The maximum Gasteiger partial charge on any atom is 0.410 e. The molecule has 22 heteroatoms. The molecule has 2 aromatic rings. The third kappa shape index (κ3) is 21.3. The highest BCUT2D eigenvalue weighted by Crippen LogP contribution is 2.30. The summed E-state index contributed by atoms with van der Waals surface area (Å²) in [6, 6.07) is 9.77. The van der Waals surface area contributed by atoms with Gasteiger partial charge in [0, 0.05) is 52.6 Å². The van der Waals surface area contributed by atoms with Crippen molar-refractivity contribution in [2.24, 2.45) is 35.3 Å². The third-order valence-electron chi connectivity index (χ3n) is 15.8. The van der Waals surface area contributed by atoms with Gasteiger partial charge in [0.1, 0.15) is 24.7 Å². The number of nitrogens with two attached hydrogens (primary N) is 1. The van der Waals surface area contributed by atoms with Crippen LogP contribution in [0, 0.1) is 29.6 Å². The second kappa shape index (κ2) is 34.0. The number of aliphatic hydroxyl groups excluding tert-OH is 1. The first kappa shape index (κ1) is 71.9. The van der Waals surface area contributed by atoms with Crippen molar-refractivity contribution in [1.82, 2.24) is 41.3 Å². The number of nitrogens with zero attached hydrogens (tertiary/aromatic N) is 3. The van der Waals surface area contributed by atoms with Crippen molar-refractivity contribution in [2.45, 2.75) is 201 Å². The van der Waals surface area contributed by atoms with Crippen molar-refractivity contribution in [3.63, 3.8) is 0 Å². The molecule has 1 heterocycles. The number of hydrogen-bond donors (Lipinski definition) is 8. The zero-order valence-electron chi connectivity index (χ0n) is 53.1. The van der Waals surface area contributed by atoms with E-state index in [0.717, 1.165) is 0 Å². The average molecular weight is 1180 g/mol. The number of methoxy groups -OCH3 is 2. The molecule has 1 aliphatic heterocycles. The molecule has 0 bridgehead atoms. The van der Waals surface area contributed by atoms with Gasteiger partial charge in [-0.25, -0.2) is 9.59 Å². The van der Waals surface area contributed by atoms with Gasteiger partial charge in [0.25, 0.3) is 0 Å². The molecule has 9 N–H and O–H groups in total. The fourth-order valence-corrected chi connectivity index (χ4v) is 10.9. The molecule has 0 aromatic heterocycles. The molecule has 472 valence electrons. The summed E-state index contributed by atoms with van der Waals surface area (Å²) in [6.45, 7) is 24.8. The van der Waals surface area contributed by atoms with Gasteiger partial charge in [0.2, 0.25) is 35.4 Å². The maximum atomic E-state index is 14.8. The molecular formula is C62H102N10O12. The predicted molar refractivity (Wildman–Crippen MR) is 324 cm³/mol. The number of nitrogens with one attached hydrogen (secondary N) is 6. The van der Waals surface area contributed by atoms with E-state index in [2.05, 4.69) is 31.9 Å². The van der Waals surface area contributed by atoms with E-state index in [-0.39, 0.29) is 61.1 Å². The van der Waals surface area contributed by atoms with Crippen molar-refractivity contribution in [2.75, 3.05) is 46.7 Å². The largest absolute Gasteiger partial charge is 0.445 e. The highest BCUT2D eigenvalue weighted by Gasteiger charge is 2.44. The number of primary amides is 1. The van der Waals surface area contributed by atoms with Crippen LogP contribution in [0.5, 0.6) is 0 Å². The molecule has 12 atom stereocenters. The number of hydrogen-bond acceptors (Lipinski definition) is 13. The molecule has 0 spiro atoms. The number of rotatable bonds is 32. The lowest BCUT2D eigenvalue weighted by Gasteiger charge is -2.41. The molecule has 84 heavy (non-hydrogen) atoms. The molecule has 9 amide bonds. The Kier molecular flexibility index (Phi) is 29.1. The number of likely N-dealkylation sites (tertiary alicyclic amines) is 1. The second-order valence-electron chi connectivity index (χ2n) is 24.6. The summed E-state index contributed by atoms with van der Waals surface area (Å²) >= 11 is 0. The van der Waals surface area contributed by atoms with E-state index in [1.807, 2.05) is 80.5 Å². The van der Waals surface area contributed by atoms with E-state index in [1.54, 1.807) is 80.9 Å². The van der Waals surface area contributed by atoms with Gasteiger partial charge < -0.3 is 66.8 Å². The van der Waals surface area contributed by atoms with Crippen LogP contribution in [0.15, 0.2) is 54.6 Å². The number of anilines is 1. The molecule has 1 aliphatic rings. The normalized spacial score (nSPS) is 17.5. The fraction of sp³-hybridized carbons (Fsp3) is 0.677. The summed E-state index contributed by atoms with van der Waals surface area (Å²) in [5.74, 6) is -4.03. The molecule has 3 rings (SSSR count). The molecule has 1 saturated heterocycles. The predicted octanol–water partition coefficient (Wildman–Crippen LogP) is 5.86. The molecule has 0 aliphatic carbocycles. The monoisotopic (exact) mass is 1180 g/mol. The highest BCUT2D eigenvalue weighted by atomic mass is 16.6. The number of benzene rings is 2. The fourth-order valence-electron chi connectivity index (χ4n) is 10.9. The van der Waals surface area contributed by atoms with Gasteiger partial charge in [-0.2, -0.15) is 0 Å². The molecule has 1 fully saturated rings. The van der Waals surface area contributed by atoms with Gasteiger partial charge in [-0.3, -0.25) is 33.7 Å². The van der Waals surface area contributed by atoms with Gasteiger partial charge in [-0.15, -0.1) is 0 Å². The van der Waals surface area contributed by atoms with Crippen molar-refractivity contribution >= 4 is 53.3 Å². The maximum absolute atomic E-state index is 14.8. The summed E-state index contributed by atoms with van der Waals surface area (Å²) in [5.41, 5.74) is 6.53. The van der Waals surface area contributed by atoms with Crippen LogP contribution < -0.4 is 37.6 Å². The number of aliphatic hydroxyl groups is 1. The second-order valence-corrected chi connectivity index (χ2v) is 24.6. The SMILES string of the molecule is CC[C@H](C)[C@@H]([C@@H](CC(=O)N1CCC[C@H]1[C@H](OC)[C@@H](C)C(=O)N[C@H](C)[C@@H](O)c1ccccc1)OC)N(C)C(=O)[C@@H](NC(=O)[C@H](C(C)C)N(C)C(=O)OCc1ccc(NC(=O)[C@H](CCCNC(N)=O)NC(=O)[C@@H](NC(C)(C)C)C(C)C)cc1)C(C)C. The van der Waals surface area contributed by atoms with Crippen LogP contribution in [0.25, 0.3) is 0 Å². The summed E-state index contributed by atoms with van der Waals surface area (Å²) in [7, 11) is 6.14. The molecule has 0 saturated carbocycles. The molecule has 0 radical (unpaired) electrons. The number of urea groups is 1. The van der Waals surface area contributed by atoms with E-state index in [0.29, 0.717) is 49.0 Å². The highest BCUT2D eigenvalue weighted by molar-refractivity contribution is 5.98.